The van der Waals surface area contributed by atoms with E-state index in [0.717, 1.165) is 23.8 Å². The van der Waals surface area contributed by atoms with Crippen molar-refractivity contribution in [1.82, 2.24) is 0 Å². The molecular weight excluding hydrogens is 250 g/mol. The smallest absolute Gasteiger partial charge is 0.0408 e. The van der Waals surface area contributed by atoms with Crippen LogP contribution in [0.1, 0.15) is 24.8 Å². The summed E-state index contributed by atoms with van der Waals surface area (Å²) in [5.41, 5.74) is 7.50. The van der Waals surface area contributed by atoms with E-state index in [1.54, 1.807) is 0 Å². The molecule has 0 spiro atoms. The zero-order chi connectivity index (χ0) is 12.1. The molecule has 1 aromatic rings. The molecule has 0 aromatic heterocycles. The number of benzene rings is 1. The maximum Gasteiger partial charge on any atom is 0.0408 e. The number of halogens is 1. The van der Waals surface area contributed by atoms with Crippen LogP contribution in [0.3, 0.4) is 0 Å². The summed E-state index contributed by atoms with van der Waals surface area (Å²) in [5.74, 6) is 3.47. The highest BCUT2D eigenvalue weighted by atomic mass is 35.5. The minimum atomic E-state index is 0.279. The van der Waals surface area contributed by atoms with Gasteiger partial charge >= 0.3 is 0 Å². The van der Waals surface area contributed by atoms with Crippen LogP contribution in [-0.2, 0) is 6.42 Å². The number of thioether (sulfide) groups is 1. The van der Waals surface area contributed by atoms with E-state index in [4.69, 9.17) is 17.3 Å². The molecule has 1 aliphatic rings. The summed E-state index contributed by atoms with van der Waals surface area (Å²) in [4.78, 5) is 0. The first-order chi connectivity index (χ1) is 8.24. The first kappa shape index (κ1) is 13.3. The van der Waals surface area contributed by atoms with Gasteiger partial charge in [-0.25, -0.2) is 0 Å². The molecule has 0 bridgehead atoms. The Morgan fingerprint density at radius 2 is 2.12 bits per heavy atom. The van der Waals surface area contributed by atoms with Gasteiger partial charge in [0, 0.05) is 11.1 Å². The van der Waals surface area contributed by atoms with E-state index in [-0.39, 0.29) is 6.04 Å². The summed E-state index contributed by atoms with van der Waals surface area (Å²) in [7, 11) is 0. The van der Waals surface area contributed by atoms with Crippen molar-refractivity contribution in [2.75, 3.05) is 11.5 Å². The first-order valence-electron chi connectivity index (χ1n) is 6.32. The SMILES string of the molecule is NC(Cc1cccc(Cl)c1)CC1CCSCC1. The average molecular weight is 270 g/mol. The number of hydrogen-bond acceptors (Lipinski definition) is 2. The fourth-order valence-corrected chi connectivity index (χ4v) is 3.88. The number of rotatable bonds is 4. The second kappa shape index (κ2) is 6.67. The van der Waals surface area contributed by atoms with Crippen molar-refractivity contribution in [1.29, 1.82) is 0 Å². The van der Waals surface area contributed by atoms with Crippen molar-refractivity contribution in [2.45, 2.75) is 31.7 Å². The molecule has 94 valence electrons. The Balaban J connectivity index is 1.82. The van der Waals surface area contributed by atoms with E-state index in [1.165, 1.54) is 29.9 Å². The van der Waals surface area contributed by atoms with E-state index in [9.17, 15) is 0 Å². The summed E-state index contributed by atoms with van der Waals surface area (Å²) in [6.45, 7) is 0. The fraction of sp³-hybridized carbons (Fsp3) is 0.571. The van der Waals surface area contributed by atoms with Crippen LogP contribution in [-0.4, -0.2) is 17.5 Å². The lowest BCUT2D eigenvalue weighted by Gasteiger charge is -2.24. The van der Waals surface area contributed by atoms with Gasteiger partial charge in [0.1, 0.15) is 0 Å². The molecule has 2 N–H and O–H groups in total. The highest BCUT2D eigenvalue weighted by molar-refractivity contribution is 7.99. The summed E-state index contributed by atoms with van der Waals surface area (Å²) < 4.78 is 0. The quantitative estimate of drug-likeness (QED) is 0.901. The highest BCUT2D eigenvalue weighted by Crippen LogP contribution is 2.26. The predicted octanol–water partition coefficient (Wildman–Crippen LogP) is 3.74. The summed E-state index contributed by atoms with van der Waals surface area (Å²) >= 11 is 8.05. The Bertz CT molecular complexity index is 350. The minimum Gasteiger partial charge on any atom is -0.327 e. The fourth-order valence-electron chi connectivity index (χ4n) is 2.46. The highest BCUT2D eigenvalue weighted by Gasteiger charge is 2.17. The molecule has 3 heteroatoms. The largest absolute Gasteiger partial charge is 0.327 e. The topological polar surface area (TPSA) is 26.0 Å². The van der Waals surface area contributed by atoms with Crippen LogP contribution in [0.25, 0.3) is 0 Å². The molecule has 1 unspecified atom stereocenters. The Kier molecular flexibility index (Phi) is 5.20. The monoisotopic (exact) mass is 269 g/mol. The molecule has 0 radical (unpaired) electrons. The third-order valence-corrected chi connectivity index (χ3v) is 4.65. The molecule has 0 saturated carbocycles. The van der Waals surface area contributed by atoms with Gasteiger partial charge in [-0.05, 0) is 60.8 Å². The van der Waals surface area contributed by atoms with Crippen molar-refractivity contribution in [3.63, 3.8) is 0 Å². The van der Waals surface area contributed by atoms with Crippen molar-refractivity contribution < 1.29 is 0 Å². The average Bonchev–Trinajstić information content (AvgIpc) is 2.30. The molecular formula is C14H20ClNS. The summed E-state index contributed by atoms with van der Waals surface area (Å²) in [6.07, 6.45) is 4.79. The van der Waals surface area contributed by atoms with Gasteiger partial charge in [0.2, 0.25) is 0 Å². The molecule has 1 atom stereocenters. The Morgan fingerprint density at radius 3 is 2.82 bits per heavy atom. The van der Waals surface area contributed by atoms with E-state index in [2.05, 4.69) is 17.8 Å². The third kappa shape index (κ3) is 4.53. The molecule has 0 amide bonds. The van der Waals surface area contributed by atoms with Crippen LogP contribution < -0.4 is 5.73 Å². The zero-order valence-corrected chi connectivity index (χ0v) is 11.6. The Labute approximate surface area is 113 Å². The van der Waals surface area contributed by atoms with Crippen molar-refractivity contribution in [2.24, 2.45) is 11.7 Å². The van der Waals surface area contributed by atoms with Crippen molar-refractivity contribution >= 4 is 23.4 Å². The summed E-state index contributed by atoms with van der Waals surface area (Å²) in [5, 5.41) is 0.809. The standard InChI is InChI=1S/C14H20ClNS/c15-13-3-1-2-12(8-13)10-14(16)9-11-4-6-17-7-5-11/h1-3,8,11,14H,4-7,9-10,16H2. The minimum absolute atomic E-state index is 0.279. The lowest BCUT2D eigenvalue weighted by molar-refractivity contribution is 0.406. The van der Waals surface area contributed by atoms with Gasteiger partial charge in [0.15, 0.2) is 0 Å². The Hall–Kier alpha value is -0.180. The maximum atomic E-state index is 6.24. The van der Waals surface area contributed by atoms with E-state index in [1.807, 2.05) is 18.2 Å². The molecule has 1 aliphatic heterocycles. The van der Waals surface area contributed by atoms with Gasteiger partial charge in [-0.3, -0.25) is 0 Å². The van der Waals surface area contributed by atoms with Crippen LogP contribution >= 0.6 is 23.4 Å². The molecule has 17 heavy (non-hydrogen) atoms. The molecule has 1 fully saturated rings. The molecule has 0 aliphatic carbocycles. The zero-order valence-electron chi connectivity index (χ0n) is 10.1. The van der Waals surface area contributed by atoms with Gasteiger partial charge in [0.05, 0.1) is 0 Å². The van der Waals surface area contributed by atoms with E-state index >= 15 is 0 Å². The predicted molar refractivity (Wildman–Crippen MR) is 77.8 cm³/mol. The van der Waals surface area contributed by atoms with Gasteiger partial charge < -0.3 is 5.73 Å². The first-order valence-corrected chi connectivity index (χ1v) is 7.85. The molecule has 1 saturated heterocycles. The van der Waals surface area contributed by atoms with Crippen LogP contribution in [0.15, 0.2) is 24.3 Å². The van der Waals surface area contributed by atoms with Gasteiger partial charge in [-0.15, -0.1) is 0 Å². The summed E-state index contributed by atoms with van der Waals surface area (Å²) in [6, 6.07) is 8.33. The molecule has 1 aromatic carbocycles. The normalized spacial score (nSPS) is 19.2. The second-order valence-corrected chi connectivity index (χ2v) is 6.55. The Morgan fingerprint density at radius 1 is 1.35 bits per heavy atom. The lowest BCUT2D eigenvalue weighted by Crippen LogP contribution is -2.27. The van der Waals surface area contributed by atoms with Gasteiger partial charge in [0.25, 0.3) is 0 Å². The van der Waals surface area contributed by atoms with E-state index in [0.29, 0.717) is 0 Å². The molecule has 1 heterocycles. The van der Waals surface area contributed by atoms with Crippen LogP contribution in [0.4, 0.5) is 0 Å². The lowest BCUT2D eigenvalue weighted by atomic mass is 9.92. The molecule has 1 nitrogen and oxygen atoms in total. The van der Waals surface area contributed by atoms with Crippen LogP contribution in [0.2, 0.25) is 5.02 Å². The van der Waals surface area contributed by atoms with Crippen LogP contribution in [0, 0.1) is 5.92 Å². The van der Waals surface area contributed by atoms with Crippen molar-refractivity contribution in [3.05, 3.63) is 34.9 Å². The van der Waals surface area contributed by atoms with E-state index < -0.39 is 0 Å². The van der Waals surface area contributed by atoms with Crippen LogP contribution in [0.5, 0.6) is 0 Å². The number of hydrogen-bond donors (Lipinski definition) is 1. The number of nitrogens with two attached hydrogens (primary N) is 1. The van der Waals surface area contributed by atoms with Gasteiger partial charge in [-0.1, -0.05) is 23.7 Å². The van der Waals surface area contributed by atoms with Crippen molar-refractivity contribution in [3.8, 4) is 0 Å². The molecule has 2 rings (SSSR count). The second-order valence-electron chi connectivity index (χ2n) is 4.89. The third-order valence-electron chi connectivity index (χ3n) is 3.36. The van der Waals surface area contributed by atoms with Gasteiger partial charge in [-0.2, -0.15) is 11.8 Å². The maximum absolute atomic E-state index is 6.24.